The van der Waals surface area contributed by atoms with Gasteiger partial charge in [0, 0.05) is 10.1 Å². The fourth-order valence-corrected chi connectivity index (χ4v) is 2.81. The fourth-order valence-electron chi connectivity index (χ4n) is 1.26. The van der Waals surface area contributed by atoms with E-state index in [1.807, 2.05) is 6.07 Å². The van der Waals surface area contributed by atoms with E-state index in [0.717, 1.165) is 14.6 Å². The average molecular weight is 272 g/mol. The van der Waals surface area contributed by atoms with Crippen LogP contribution in [0.3, 0.4) is 0 Å². The summed E-state index contributed by atoms with van der Waals surface area (Å²) in [5, 5.41) is 19.6. The normalized spacial score (nSPS) is 10.8. The van der Waals surface area contributed by atoms with Crippen LogP contribution in [0, 0.1) is 0 Å². The van der Waals surface area contributed by atoms with Gasteiger partial charge in [-0.1, -0.05) is 12.1 Å². The average Bonchev–Trinajstić information content (AvgIpc) is 2.43. The van der Waals surface area contributed by atoms with Gasteiger partial charge in [-0.3, -0.25) is 0 Å². The topological polar surface area (TPSA) is 66.5 Å². The quantitative estimate of drug-likeness (QED) is 0.676. The standard InChI is InChI=1S/C8H7BBrNO2S/c10-7-5-3-4(9(12)13)1-2-6(5)14-8(7)11/h1-3,12-13H,11H2. The Balaban J connectivity index is 2.69. The van der Waals surface area contributed by atoms with Crippen LogP contribution >= 0.6 is 27.3 Å². The minimum atomic E-state index is -1.44. The molecule has 2 rings (SSSR count). The summed E-state index contributed by atoms with van der Waals surface area (Å²) < 4.78 is 1.85. The molecule has 0 amide bonds. The molecule has 0 aliphatic heterocycles. The summed E-state index contributed by atoms with van der Waals surface area (Å²) in [6, 6.07) is 5.22. The maximum Gasteiger partial charge on any atom is 0.488 e. The van der Waals surface area contributed by atoms with Crippen LogP contribution in [-0.4, -0.2) is 17.2 Å². The number of nitrogen functional groups attached to an aromatic ring is 1. The molecule has 4 N–H and O–H groups in total. The number of halogens is 1. The Morgan fingerprint density at radius 1 is 1.36 bits per heavy atom. The van der Waals surface area contributed by atoms with Crippen molar-refractivity contribution in [2.45, 2.75) is 0 Å². The Kier molecular flexibility index (Phi) is 2.53. The van der Waals surface area contributed by atoms with Gasteiger partial charge in [-0.05, 0) is 27.5 Å². The van der Waals surface area contributed by atoms with Crippen molar-refractivity contribution in [2.24, 2.45) is 0 Å². The first-order chi connectivity index (χ1) is 6.59. The molecular weight excluding hydrogens is 265 g/mol. The molecule has 6 heteroatoms. The molecule has 0 saturated carbocycles. The Hall–Kier alpha value is -0.555. The molecule has 0 spiro atoms. The van der Waals surface area contributed by atoms with Crippen LogP contribution in [0.1, 0.15) is 0 Å². The third-order valence-corrected chi connectivity index (χ3v) is 4.09. The van der Waals surface area contributed by atoms with Crippen molar-refractivity contribution in [3.8, 4) is 0 Å². The smallest absolute Gasteiger partial charge is 0.423 e. The van der Waals surface area contributed by atoms with Gasteiger partial charge >= 0.3 is 7.12 Å². The summed E-state index contributed by atoms with van der Waals surface area (Å²) in [6.45, 7) is 0. The number of anilines is 1. The van der Waals surface area contributed by atoms with E-state index >= 15 is 0 Å². The Labute approximate surface area is 93.4 Å². The molecule has 0 atom stereocenters. The van der Waals surface area contributed by atoms with Crippen LogP contribution in [0.5, 0.6) is 0 Å². The number of benzene rings is 1. The van der Waals surface area contributed by atoms with Gasteiger partial charge in [-0.15, -0.1) is 11.3 Å². The highest BCUT2D eigenvalue weighted by molar-refractivity contribution is 9.10. The lowest BCUT2D eigenvalue weighted by Crippen LogP contribution is -2.29. The van der Waals surface area contributed by atoms with Gasteiger partial charge in [-0.2, -0.15) is 0 Å². The highest BCUT2D eigenvalue weighted by Gasteiger charge is 2.14. The Bertz CT molecular complexity index is 485. The van der Waals surface area contributed by atoms with Gasteiger partial charge < -0.3 is 15.8 Å². The van der Waals surface area contributed by atoms with Gasteiger partial charge in [0.2, 0.25) is 0 Å². The second-order valence-corrected chi connectivity index (χ2v) is 4.79. The summed E-state index contributed by atoms with van der Waals surface area (Å²) in [6.07, 6.45) is 0. The molecule has 2 aromatic rings. The van der Waals surface area contributed by atoms with Crippen LogP contribution < -0.4 is 11.2 Å². The Morgan fingerprint density at radius 3 is 2.71 bits per heavy atom. The highest BCUT2D eigenvalue weighted by atomic mass is 79.9. The second kappa shape index (κ2) is 3.54. The van der Waals surface area contributed by atoms with E-state index in [4.69, 9.17) is 15.8 Å². The van der Waals surface area contributed by atoms with E-state index in [-0.39, 0.29) is 0 Å². The minimum Gasteiger partial charge on any atom is -0.423 e. The predicted octanol–water partition coefficient (Wildman–Crippen LogP) is 0.926. The molecular formula is C8H7BBrNO2S. The molecule has 1 aromatic carbocycles. The predicted molar refractivity (Wildman–Crippen MR) is 63.8 cm³/mol. The number of hydrogen-bond donors (Lipinski definition) is 3. The molecule has 0 aliphatic rings. The van der Waals surface area contributed by atoms with E-state index < -0.39 is 7.12 Å². The number of nitrogens with two attached hydrogens (primary N) is 1. The van der Waals surface area contributed by atoms with Crippen LogP contribution in [0.2, 0.25) is 0 Å². The Morgan fingerprint density at radius 2 is 2.07 bits per heavy atom. The molecule has 14 heavy (non-hydrogen) atoms. The van der Waals surface area contributed by atoms with Crippen molar-refractivity contribution >= 4 is 54.9 Å². The van der Waals surface area contributed by atoms with Gasteiger partial charge in [0.15, 0.2) is 0 Å². The number of hydrogen-bond acceptors (Lipinski definition) is 4. The third kappa shape index (κ3) is 1.54. The largest absolute Gasteiger partial charge is 0.488 e. The molecule has 0 saturated heterocycles. The zero-order valence-electron chi connectivity index (χ0n) is 7.07. The second-order valence-electron chi connectivity index (χ2n) is 2.91. The first kappa shape index (κ1) is 9.98. The van der Waals surface area contributed by atoms with E-state index in [0.29, 0.717) is 10.5 Å². The van der Waals surface area contributed by atoms with Crippen molar-refractivity contribution in [1.29, 1.82) is 0 Å². The molecule has 0 unspecified atom stereocenters. The molecule has 0 radical (unpaired) electrons. The molecule has 1 heterocycles. The van der Waals surface area contributed by atoms with Crippen LogP contribution in [0.25, 0.3) is 10.1 Å². The lowest BCUT2D eigenvalue weighted by Gasteiger charge is -1.98. The van der Waals surface area contributed by atoms with Crippen molar-refractivity contribution in [1.82, 2.24) is 0 Å². The van der Waals surface area contributed by atoms with Crippen LogP contribution in [0.4, 0.5) is 5.00 Å². The van der Waals surface area contributed by atoms with Crippen molar-refractivity contribution in [3.05, 3.63) is 22.7 Å². The zero-order chi connectivity index (χ0) is 10.3. The van der Waals surface area contributed by atoms with Gasteiger partial charge in [-0.25, -0.2) is 0 Å². The van der Waals surface area contributed by atoms with Gasteiger partial charge in [0.25, 0.3) is 0 Å². The molecule has 3 nitrogen and oxygen atoms in total. The van der Waals surface area contributed by atoms with Crippen molar-refractivity contribution < 1.29 is 10.0 Å². The number of thiophene rings is 1. The maximum absolute atomic E-state index is 8.99. The van der Waals surface area contributed by atoms with Crippen molar-refractivity contribution in [3.63, 3.8) is 0 Å². The van der Waals surface area contributed by atoms with Crippen LogP contribution in [-0.2, 0) is 0 Å². The zero-order valence-corrected chi connectivity index (χ0v) is 9.47. The summed E-state index contributed by atoms with van der Waals surface area (Å²) >= 11 is 4.82. The molecule has 0 bridgehead atoms. The SMILES string of the molecule is Nc1sc2ccc(B(O)O)cc2c1Br. The fraction of sp³-hybridized carbons (Fsp3) is 0. The summed E-state index contributed by atoms with van der Waals surface area (Å²) in [5.41, 5.74) is 6.19. The summed E-state index contributed by atoms with van der Waals surface area (Å²) in [7, 11) is -1.44. The number of rotatable bonds is 1. The van der Waals surface area contributed by atoms with Gasteiger partial charge in [0.1, 0.15) is 5.00 Å². The molecule has 0 fully saturated rings. The van der Waals surface area contributed by atoms with Gasteiger partial charge in [0.05, 0.1) is 4.47 Å². The van der Waals surface area contributed by atoms with Crippen molar-refractivity contribution in [2.75, 3.05) is 5.73 Å². The first-order valence-corrected chi connectivity index (χ1v) is 5.54. The van der Waals surface area contributed by atoms with E-state index in [2.05, 4.69) is 15.9 Å². The summed E-state index contributed by atoms with van der Waals surface area (Å²) in [4.78, 5) is 0. The molecule has 1 aromatic heterocycles. The monoisotopic (exact) mass is 271 g/mol. The summed E-state index contributed by atoms with van der Waals surface area (Å²) in [5.74, 6) is 0. The highest BCUT2D eigenvalue weighted by Crippen LogP contribution is 2.36. The van der Waals surface area contributed by atoms with E-state index in [1.54, 1.807) is 12.1 Å². The molecule has 72 valence electrons. The third-order valence-electron chi connectivity index (χ3n) is 1.97. The van der Waals surface area contributed by atoms with E-state index in [9.17, 15) is 0 Å². The van der Waals surface area contributed by atoms with Crippen LogP contribution in [0.15, 0.2) is 22.7 Å². The van der Waals surface area contributed by atoms with E-state index in [1.165, 1.54) is 11.3 Å². The first-order valence-electron chi connectivity index (χ1n) is 3.93. The molecule has 0 aliphatic carbocycles. The lowest BCUT2D eigenvalue weighted by molar-refractivity contribution is 0.426. The number of fused-ring (bicyclic) bond motifs is 1. The lowest BCUT2D eigenvalue weighted by atomic mass is 9.80. The minimum absolute atomic E-state index is 0.469. The maximum atomic E-state index is 8.99.